The van der Waals surface area contributed by atoms with E-state index in [2.05, 4.69) is 17.0 Å². The maximum atomic E-state index is 13.4. The molecule has 3 aromatic carbocycles. The van der Waals surface area contributed by atoms with Crippen LogP contribution < -0.4 is 19.3 Å². The molecule has 4 rings (SSSR count). The van der Waals surface area contributed by atoms with Crippen LogP contribution in [0.25, 0.3) is 16.1 Å². The third-order valence-electron chi connectivity index (χ3n) is 4.74. The Morgan fingerprint density at radius 1 is 0.897 bits per heavy atom. The van der Waals surface area contributed by atoms with Crippen molar-refractivity contribution in [2.75, 3.05) is 19.1 Å². The zero-order chi connectivity index (χ0) is 20.2. The van der Waals surface area contributed by atoms with E-state index in [9.17, 15) is 5.11 Å². The molecule has 0 aliphatic rings. The summed E-state index contributed by atoms with van der Waals surface area (Å²) in [4.78, 5) is 2.86. The molecule has 146 valence electrons. The molecule has 29 heavy (non-hydrogen) atoms. The normalized spacial score (nSPS) is 10.7. The van der Waals surface area contributed by atoms with Gasteiger partial charge < -0.3 is 9.84 Å². The van der Waals surface area contributed by atoms with Crippen molar-refractivity contribution in [2.24, 2.45) is 0 Å². The van der Waals surface area contributed by atoms with Crippen LogP contribution >= 0.6 is 11.3 Å². The molecule has 0 radical (unpaired) electrons. The lowest BCUT2D eigenvalue weighted by molar-refractivity contribution is -0.634. The van der Waals surface area contributed by atoms with Crippen LogP contribution in [0, 0.1) is 0 Å². The minimum absolute atomic E-state index is 0.0127. The summed E-state index contributed by atoms with van der Waals surface area (Å²) in [7, 11) is 3.66. The second-order valence-corrected chi connectivity index (χ2v) is 7.74. The minimum atomic E-state index is -0.0127. The standard InChI is InChI=1S/C24H22N2O2S/c1-25(17-18-9-5-3-6-10-18)24-26(20-13-15-21(28-2)16-14-20)23(27)22(29-24)19-11-7-4-8-12-19/h3-16H,17H2,1-2H3. The number of ether oxygens (including phenoxy) is 1. The summed E-state index contributed by atoms with van der Waals surface area (Å²) in [5.41, 5.74) is 2.95. The van der Waals surface area contributed by atoms with Crippen molar-refractivity contribution >= 4 is 16.5 Å². The number of hydrogen-bond acceptors (Lipinski definition) is 4. The molecule has 5 heteroatoms. The summed E-state index contributed by atoms with van der Waals surface area (Å²) in [6, 6.07) is 27.7. The fourth-order valence-corrected chi connectivity index (χ4v) is 4.39. The van der Waals surface area contributed by atoms with Gasteiger partial charge in [0, 0.05) is 0 Å². The largest absolute Gasteiger partial charge is 0.841 e. The molecule has 1 heterocycles. The maximum absolute atomic E-state index is 13.4. The number of thiazole rings is 1. The first-order valence-corrected chi connectivity index (χ1v) is 10.2. The van der Waals surface area contributed by atoms with Crippen LogP contribution in [-0.4, -0.2) is 14.2 Å². The fourth-order valence-electron chi connectivity index (χ4n) is 3.27. The van der Waals surface area contributed by atoms with Gasteiger partial charge in [0.15, 0.2) is 0 Å². The van der Waals surface area contributed by atoms with E-state index in [1.54, 1.807) is 11.7 Å². The number of rotatable bonds is 6. The van der Waals surface area contributed by atoms with E-state index < -0.39 is 0 Å². The summed E-state index contributed by atoms with van der Waals surface area (Å²) < 4.78 is 7.06. The number of aromatic nitrogens is 1. The summed E-state index contributed by atoms with van der Waals surface area (Å²) in [5.74, 6) is 0.751. The average molecular weight is 403 g/mol. The second kappa shape index (κ2) is 8.37. The van der Waals surface area contributed by atoms with Crippen LogP contribution in [0.3, 0.4) is 0 Å². The zero-order valence-electron chi connectivity index (χ0n) is 16.4. The number of nitrogens with zero attached hydrogens (tertiary/aromatic N) is 2. The Hall–Kier alpha value is -3.31. The van der Waals surface area contributed by atoms with Gasteiger partial charge in [-0.05, 0) is 46.7 Å². The SMILES string of the molecule is COc1ccc(-[n+]2c(N(C)Cc3ccccc3)sc(-c3ccccc3)c2[O-])cc1. The van der Waals surface area contributed by atoms with Gasteiger partial charge in [0.05, 0.1) is 24.9 Å². The molecule has 0 N–H and O–H groups in total. The molecule has 0 fully saturated rings. The van der Waals surface area contributed by atoms with Gasteiger partial charge in [-0.15, -0.1) is 0 Å². The van der Waals surface area contributed by atoms with E-state index >= 15 is 0 Å². The van der Waals surface area contributed by atoms with Crippen LogP contribution in [0.15, 0.2) is 84.9 Å². The molecule has 0 aliphatic heterocycles. The Bertz CT molecular complexity index is 1080. The zero-order valence-corrected chi connectivity index (χ0v) is 17.2. The van der Waals surface area contributed by atoms with Crippen molar-refractivity contribution in [3.05, 3.63) is 90.5 Å². The van der Waals surface area contributed by atoms with Crippen molar-refractivity contribution < 1.29 is 14.4 Å². The smallest absolute Gasteiger partial charge is 0.341 e. The van der Waals surface area contributed by atoms with E-state index in [0.717, 1.165) is 27.0 Å². The second-order valence-electron chi connectivity index (χ2n) is 6.76. The highest BCUT2D eigenvalue weighted by molar-refractivity contribution is 7.18. The number of benzene rings is 3. The van der Waals surface area contributed by atoms with Crippen molar-refractivity contribution in [1.82, 2.24) is 0 Å². The van der Waals surface area contributed by atoms with Gasteiger partial charge in [-0.25, -0.2) is 0 Å². The van der Waals surface area contributed by atoms with Gasteiger partial charge in [0.1, 0.15) is 18.0 Å². The van der Waals surface area contributed by atoms with Crippen molar-refractivity contribution in [1.29, 1.82) is 0 Å². The predicted octanol–water partition coefficient (Wildman–Crippen LogP) is 4.41. The van der Waals surface area contributed by atoms with Gasteiger partial charge in [0.2, 0.25) is 0 Å². The quantitative estimate of drug-likeness (QED) is 0.449. The first kappa shape index (κ1) is 19.0. The van der Waals surface area contributed by atoms with Crippen molar-refractivity contribution in [3.63, 3.8) is 0 Å². The van der Waals surface area contributed by atoms with Crippen LogP contribution in [0.4, 0.5) is 5.13 Å². The summed E-state index contributed by atoms with van der Waals surface area (Å²) in [6.45, 7) is 0.713. The third kappa shape index (κ3) is 3.96. The van der Waals surface area contributed by atoms with Gasteiger partial charge in [-0.3, -0.25) is 4.90 Å². The number of anilines is 1. The summed E-state index contributed by atoms with van der Waals surface area (Å²) in [6.07, 6.45) is 0. The number of hydrogen-bond donors (Lipinski definition) is 0. The van der Waals surface area contributed by atoms with Crippen LogP contribution in [0.1, 0.15) is 5.56 Å². The van der Waals surface area contributed by atoms with Gasteiger partial charge in [-0.1, -0.05) is 60.7 Å². The predicted molar refractivity (Wildman–Crippen MR) is 116 cm³/mol. The Kier molecular flexibility index (Phi) is 5.49. The minimum Gasteiger partial charge on any atom is -0.841 e. The molecule has 0 aliphatic carbocycles. The van der Waals surface area contributed by atoms with E-state index in [4.69, 9.17) is 4.74 Å². The lowest BCUT2D eigenvalue weighted by Gasteiger charge is -2.14. The number of methoxy groups -OCH3 is 1. The average Bonchev–Trinajstić information content (AvgIpc) is 3.12. The van der Waals surface area contributed by atoms with E-state index in [0.29, 0.717) is 6.54 Å². The highest BCUT2D eigenvalue weighted by atomic mass is 32.1. The lowest BCUT2D eigenvalue weighted by atomic mass is 10.2. The van der Waals surface area contributed by atoms with E-state index in [1.807, 2.05) is 79.8 Å². The fraction of sp³-hybridized carbons (Fsp3) is 0.125. The molecule has 0 atom stereocenters. The molecular weight excluding hydrogens is 380 g/mol. The van der Waals surface area contributed by atoms with Crippen LogP contribution in [-0.2, 0) is 6.54 Å². The first-order chi connectivity index (χ1) is 14.2. The van der Waals surface area contributed by atoms with Gasteiger partial charge in [0.25, 0.3) is 0 Å². The van der Waals surface area contributed by atoms with Gasteiger partial charge >= 0.3 is 5.13 Å². The van der Waals surface area contributed by atoms with Gasteiger partial charge in [-0.2, -0.15) is 4.57 Å². The van der Waals surface area contributed by atoms with Crippen LogP contribution in [0.5, 0.6) is 11.6 Å². The lowest BCUT2D eigenvalue weighted by Crippen LogP contribution is -2.38. The summed E-state index contributed by atoms with van der Waals surface area (Å²) >= 11 is 1.52. The first-order valence-electron chi connectivity index (χ1n) is 9.38. The topological polar surface area (TPSA) is 39.4 Å². The molecule has 0 bridgehead atoms. The highest BCUT2D eigenvalue weighted by Gasteiger charge is 2.25. The molecule has 0 saturated carbocycles. The molecule has 0 saturated heterocycles. The van der Waals surface area contributed by atoms with Crippen molar-refractivity contribution in [2.45, 2.75) is 6.54 Å². The highest BCUT2D eigenvalue weighted by Crippen LogP contribution is 2.37. The summed E-state index contributed by atoms with van der Waals surface area (Å²) in [5, 5.41) is 14.3. The van der Waals surface area contributed by atoms with Crippen LogP contribution in [0.2, 0.25) is 0 Å². The molecule has 4 nitrogen and oxygen atoms in total. The molecule has 1 aromatic heterocycles. The Morgan fingerprint density at radius 3 is 2.14 bits per heavy atom. The Labute approximate surface area is 174 Å². The Balaban J connectivity index is 1.81. The maximum Gasteiger partial charge on any atom is 0.341 e. The van der Waals surface area contributed by atoms with Crippen molar-refractivity contribution in [3.8, 4) is 27.8 Å². The Morgan fingerprint density at radius 2 is 1.52 bits per heavy atom. The van der Waals surface area contributed by atoms with E-state index in [1.165, 1.54) is 16.9 Å². The molecular formula is C24H22N2O2S. The molecule has 4 aromatic rings. The van der Waals surface area contributed by atoms with E-state index in [-0.39, 0.29) is 5.88 Å². The molecule has 0 unspecified atom stereocenters. The molecule has 0 amide bonds. The third-order valence-corrected chi connectivity index (χ3v) is 6.03. The molecule has 0 spiro atoms. The monoisotopic (exact) mass is 402 g/mol.